The molecule has 0 bridgehead atoms. The molecule has 1 aromatic carbocycles. The van der Waals surface area contributed by atoms with Crippen molar-refractivity contribution in [3.05, 3.63) is 17.9 Å². The molecule has 1 aromatic rings. The van der Waals surface area contributed by atoms with Crippen molar-refractivity contribution < 1.29 is 18.7 Å². The number of carbonyl (C=O) groups excluding carboxylic acids is 2. The molecule has 0 aliphatic rings. The van der Waals surface area contributed by atoms with Gasteiger partial charge in [-0.15, -0.1) is 0 Å². The quantitative estimate of drug-likeness (QED) is 0.581. The van der Waals surface area contributed by atoms with E-state index in [0.29, 0.717) is 13.0 Å². The molecule has 0 atom stereocenters. The van der Waals surface area contributed by atoms with Crippen LogP contribution in [-0.4, -0.2) is 31.5 Å². The molecular formula is C13H19FN4O3. The second-order valence-corrected chi connectivity index (χ2v) is 4.48. The first-order valence-electron chi connectivity index (χ1n) is 6.38. The maximum atomic E-state index is 13.7. The van der Waals surface area contributed by atoms with Gasteiger partial charge >= 0.3 is 0 Å². The maximum absolute atomic E-state index is 13.7. The average molecular weight is 298 g/mol. The van der Waals surface area contributed by atoms with Crippen LogP contribution in [0.4, 0.5) is 15.8 Å². The van der Waals surface area contributed by atoms with Crippen LogP contribution in [0.25, 0.3) is 0 Å². The number of halogens is 1. The standard InChI is InChI=1S/C13H19FN4O3/c1-2-3-21-11-5-10(9(15)4-8(11)14)18(6-12(16)19)7-13(17)20/h4-5H,2-3,6-7,15H2,1H3,(H2,16,19)(H2,17,20). The zero-order valence-electron chi connectivity index (χ0n) is 11.8. The number of nitrogens with two attached hydrogens (primary N) is 3. The van der Waals surface area contributed by atoms with Gasteiger partial charge in [-0.2, -0.15) is 0 Å². The van der Waals surface area contributed by atoms with E-state index in [0.717, 1.165) is 6.07 Å². The fourth-order valence-corrected chi connectivity index (χ4v) is 1.76. The van der Waals surface area contributed by atoms with E-state index < -0.39 is 17.6 Å². The monoisotopic (exact) mass is 298 g/mol. The number of ether oxygens (including phenoxy) is 1. The number of hydrogen-bond acceptors (Lipinski definition) is 5. The third-order valence-corrected chi connectivity index (χ3v) is 2.58. The lowest BCUT2D eigenvalue weighted by molar-refractivity contribution is -0.117. The Labute approximate surface area is 121 Å². The minimum atomic E-state index is -0.670. The Kier molecular flexibility index (Phi) is 5.77. The predicted molar refractivity (Wildman–Crippen MR) is 77.2 cm³/mol. The first kappa shape index (κ1) is 16.5. The number of nitrogen functional groups attached to an aromatic ring is 1. The molecular weight excluding hydrogens is 279 g/mol. The maximum Gasteiger partial charge on any atom is 0.236 e. The minimum Gasteiger partial charge on any atom is -0.490 e. The molecule has 0 spiro atoms. The third-order valence-electron chi connectivity index (χ3n) is 2.58. The highest BCUT2D eigenvalue weighted by atomic mass is 19.1. The molecule has 0 saturated heterocycles. The molecule has 1 rings (SSSR count). The second kappa shape index (κ2) is 7.32. The predicted octanol–water partition coefficient (Wildman–Crippen LogP) is -0.0263. The first-order chi connectivity index (χ1) is 9.85. The highest BCUT2D eigenvalue weighted by molar-refractivity contribution is 5.87. The van der Waals surface area contributed by atoms with Crippen molar-refractivity contribution in [2.75, 3.05) is 30.3 Å². The van der Waals surface area contributed by atoms with Crippen LogP contribution in [0.3, 0.4) is 0 Å². The summed E-state index contributed by atoms with van der Waals surface area (Å²) in [6, 6.07) is 2.39. The van der Waals surface area contributed by atoms with E-state index in [2.05, 4.69) is 0 Å². The fraction of sp³-hybridized carbons (Fsp3) is 0.385. The molecule has 0 heterocycles. The topological polar surface area (TPSA) is 125 Å². The van der Waals surface area contributed by atoms with E-state index in [1.54, 1.807) is 0 Å². The van der Waals surface area contributed by atoms with Crippen LogP contribution in [0, 0.1) is 5.82 Å². The number of rotatable bonds is 8. The van der Waals surface area contributed by atoms with Crippen molar-refractivity contribution >= 4 is 23.2 Å². The zero-order valence-corrected chi connectivity index (χ0v) is 11.8. The summed E-state index contributed by atoms with van der Waals surface area (Å²) in [6.07, 6.45) is 0.700. The van der Waals surface area contributed by atoms with Gasteiger partial charge < -0.3 is 26.8 Å². The van der Waals surface area contributed by atoms with Crippen LogP contribution in [-0.2, 0) is 9.59 Å². The second-order valence-electron chi connectivity index (χ2n) is 4.48. The van der Waals surface area contributed by atoms with Crippen LogP contribution < -0.4 is 26.8 Å². The molecule has 8 heteroatoms. The van der Waals surface area contributed by atoms with Crippen LogP contribution in [0.1, 0.15) is 13.3 Å². The van der Waals surface area contributed by atoms with Gasteiger partial charge in [-0.1, -0.05) is 6.92 Å². The summed E-state index contributed by atoms with van der Waals surface area (Å²) in [5, 5.41) is 0. The lowest BCUT2D eigenvalue weighted by atomic mass is 10.2. The summed E-state index contributed by atoms with van der Waals surface area (Å²) in [7, 11) is 0. The lowest BCUT2D eigenvalue weighted by Crippen LogP contribution is -2.40. The van der Waals surface area contributed by atoms with Crippen LogP contribution >= 0.6 is 0 Å². The molecule has 0 saturated carbocycles. The number of nitrogens with zero attached hydrogens (tertiary/aromatic N) is 1. The molecule has 6 N–H and O–H groups in total. The van der Waals surface area contributed by atoms with Gasteiger partial charge in [0, 0.05) is 12.1 Å². The zero-order chi connectivity index (χ0) is 16.0. The number of amides is 2. The van der Waals surface area contributed by atoms with E-state index in [1.165, 1.54) is 11.0 Å². The van der Waals surface area contributed by atoms with Gasteiger partial charge in [0.05, 0.1) is 31.1 Å². The van der Waals surface area contributed by atoms with E-state index in [4.69, 9.17) is 21.9 Å². The Bertz CT molecular complexity index is 520. The molecule has 21 heavy (non-hydrogen) atoms. The fourth-order valence-electron chi connectivity index (χ4n) is 1.76. The van der Waals surface area contributed by atoms with Gasteiger partial charge in [0.1, 0.15) is 0 Å². The number of anilines is 2. The lowest BCUT2D eigenvalue weighted by Gasteiger charge is -2.24. The number of hydrogen-bond donors (Lipinski definition) is 3. The highest BCUT2D eigenvalue weighted by Gasteiger charge is 2.18. The van der Waals surface area contributed by atoms with Crippen LogP contribution in [0.2, 0.25) is 0 Å². The summed E-state index contributed by atoms with van der Waals surface area (Å²) >= 11 is 0. The Morgan fingerprint density at radius 1 is 1.24 bits per heavy atom. The molecule has 0 aromatic heterocycles. The van der Waals surface area contributed by atoms with Crippen molar-refractivity contribution in [3.8, 4) is 5.75 Å². The Morgan fingerprint density at radius 3 is 2.29 bits per heavy atom. The Balaban J connectivity index is 3.15. The van der Waals surface area contributed by atoms with Gasteiger partial charge in [0.25, 0.3) is 0 Å². The van der Waals surface area contributed by atoms with Crippen molar-refractivity contribution in [2.45, 2.75) is 13.3 Å². The van der Waals surface area contributed by atoms with Crippen molar-refractivity contribution in [1.82, 2.24) is 0 Å². The van der Waals surface area contributed by atoms with Gasteiger partial charge in [-0.3, -0.25) is 9.59 Å². The summed E-state index contributed by atoms with van der Waals surface area (Å²) in [5.41, 5.74) is 16.3. The highest BCUT2D eigenvalue weighted by Crippen LogP contribution is 2.31. The summed E-state index contributed by atoms with van der Waals surface area (Å²) < 4.78 is 19.0. The normalized spacial score (nSPS) is 10.2. The SMILES string of the molecule is CCCOc1cc(N(CC(N)=O)CC(N)=O)c(N)cc1F. The number of carbonyl (C=O) groups is 2. The first-order valence-corrected chi connectivity index (χ1v) is 6.38. The minimum absolute atomic E-state index is 0.0139. The number of benzene rings is 1. The average Bonchev–Trinajstić information content (AvgIpc) is 2.36. The Morgan fingerprint density at radius 2 is 1.81 bits per heavy atom. The summed E-state index contributed by atoms with van der Waals surface area (Å²) in [6.45, 7) is 1.66. The van der Waals surface area contributed by atoms with Crippen LogP contribution in [0.15, 0.2) is 12.1 Å². The van der Waals surface area contributed by atoms with Gasteiger partial charge in [-0.05, 0) is 6.42 Å². The Hall–Kier alpha value is -2.51. The molecule has 116 valence electrons. The molecule has 0 fully saturated rings. The van der Waals surface area contributed by atoms with E-state index in [-0.39, 0.29) is 30.2 Å². The molecule has 0 aliphatic heterocycles. The summed E-state index contributed by atoms with van der Waals surface area (Å²) in [5.74, 6) is -1.98. The summed E-state index contributed by atoms with van der Waals surface area (Å²) in [4.78, 5) is 23.4. The van der Waals surface area contributed by atoms with Crippen molar-refractivity contribution in [3.63, 3.8) is 0 Å². The molecule has 0 radical (unpaired) electrons. The van der Waals surface area contributed by atoms with Gasteiger partial charge in [0.2, 0.25) is 11.8 Å². The van der Waals surface area contributed by atoms with Gasteiger partial charge in [-0.25, -0.2) is 4.39 Å². The van der Waals surface area contributed by atoms with Crippen LogP contribution in [0.5, 0.6) is 5.75 Å². The van der Waals surface area contributed by atoms with E-state index >= 15 is 0 Å². The largest absolute Gasteiger partial charge is 0.490 e. The third kappa shape index (κ3) is 4.83. The van der Waals surface area contributed by atoms with E-state index in [1.807, 2.05) is 6.92 Å². The molecule has 7 nitrogen and oxygen atoms in total. The molecule has 0 unspecified atom stereocenters. The van der Waals surface area contributed by atoms with E-state index in [9.17, 15) is 14.0 Å². The van der Waals surface area contributed by atoms with Crippen molar-refractivity contribution in [2.24, 2.45) is 11.5 Å². The van der Waals surface area contributed by atoms with Crippen molar-refractivity contribution in [1.29, 1.82) is 0 Å². The molecule has 0 aliphatic carbocycles. The number of primary amides is 2. The van der Waals surface area contributed by atoms with Gasteiger partial charge in [0.15, 0.2) is 11.6 Å². The smallest absolute Gasteiger partial charge is 0.236 e. The molecule has 2 amide bonds.